The van der Waals surface area contributed by atoms with Crippen LogP contribution < -0.4 is 4.84 Å². The fraction of sp³-hybridized carbons (Fsp3) is 0.333. The first-order valence-corrected chi connectivity index (χ1v) is 4.36. The summed E-state index contributed by atoms with van der Waals surface area (Å²) in [6.45, 7) is 1.68. The Bertz CT molecular complexity index is 311. The summed E-state index contributed by atoms with van der Waals surface area (Å²) in [6.07, 6.45) is -4.30. The van der Waals surface area contributed by atoms with Crippen LogP contribution in [0.3, 0.4) is 0 Å². The van der Waals surface area contributed by atoms with Gasteiger partial charge in [-0.15, -0.1) is 0 Å². The monoisotopic (exact) mass is 223 g/mol. The molecule has 14 heavy (non-hydrogen) atoms. The molecule has 0 aliphatic carbocycles. The summed E-state index contributed by atoms with van der Waals surface area (Å²) >= 11 is 5.32. The highest BCUT2D eigenvalue weighted by Gasteiger charge is 2.30. The van der Waals surface area contributed by atoms with E-state index in [1.807, 2.05) is 0 Å². The lowest BCUT2D eigenvalue weighted by molar-refractivity contribution is -0.137. The van der Waals surface area contributed by atoms with E-state index >= 15 is 0 Å². The maximum Gasteiger partial charge on any atom is 0.416 e. The van der Waals surface area contributed by atoms with Crippen LogP contribution in [0.2, 0.25) is 0 Å². The molecule has 0 aliphatic rings. The number of rotatable bonds is 2. The van der Waals surface area contributed by atoms with Gasteiger partial charge in [-0.25, -0.2) is 4.84 Å². The lowest BCUT2D eigenvalue weighted by atomic mass is 10.1. The van der Waals surface area contributed by atoms with E-state index < -0.39 is 11.7 Å². The van der Waals surface area contributed by atoms with Gasteiger partial charge in [0.05, 0.1) is 5.56 Å². The second kappa shape index (κ2) is 4.19. The van der Waals surface area contributed by atoms with Crippen LogP contribution in [-0.2, 0) is 6.18 Å². The van der Waals surface area contributed by atoms with Gasteiger partial charge in [-0.2, -0.15) is 13.2 Å². The molecule has 1 atom stereocenters. The smallest absolute Gasteiger partial charge is 0.226 e. The third-order valence-electron chi connectivity index (χ3n) is 1.88. The molecule has 0 amide bonds. The minimum Gasteiger partial charge on any atom is -0.226 e. The van der Waals surface area contributed by atoms with Crippen LogP contribution in [0.25, 0.3) is 0 Å². The molecule has 1 unspecified atom stereocenters. The molecule has 1 aromatic carbocycles. The molecular weight excluding hydrogens is 215 g/mol. The lowest BCUT2D eigenvalue weighted by Gasteiger charge is -2.12. The van der Waals surface area contributed by atoms with Crippen molar-refractivity contribution in [3.05, 3.63) is 35.4 Å². The van der Waals surface area contributed by atoms with Gasteiger partial charge in [-0.05, 0) is 36.4 Å². The Morgan fingerprint density at radius 3 is 2.50 bits per heavy atom. The average molecular weight is 224 g/mol. The quantitative estimate of drug-likeness (QED) is 0.757. The second-order valence-corrected chi connectivity index (χ2v) is 3.17. The number of hydrogen-bond donors (Lipinski definition) is 1. The van der Waals surface area contributed by atoms with Crippen LogP contribution in [0.5, 0.6) is 0 Å². The summed E-state index contributed by atoms with van der Waals surface area (Å²) in [5, 5.41) is 0. The minimum absolute atomic E-state index is 0.307. The number of alkyl halides is 3. The van der Waals surface area contributed by atoms with E-state index in [0.29, 0.717) is 5.56 Å². The van der Waals surface area contributed by atoms with Crippen LogP contribution in [0.4, 0.5) is 13.2 Å². The Balaban J connectivity index is 3.01. The molecule has 1 nitrogen and oxygen atoms in total. The molecule has 0 radical (unpaired) electrons. The van der Waals surface area contributed by atoms with Crippen molar-refractivity contribution in [3.63, 3.8) is 0 Å². The molecule has 0 spiro atoms. The zero-order valence-corrected chi connectivity index (χ0v) is 8.15. The highest BCUT2D eigenvalue weighted by molar-refractivity contribution is 6.13. The molecule has 0 bridgehead atoms. The zero-order valence-electron chi connectivity index (χ0n) is 7.40. The van der Waals surface area contributed by atoms with E-state index in [1.165, 1.54) is 6.07 Å². The molecule has 0 aliphatic heterocycles. The van der Waals surface area contributed by atoms with Crippen molar-refractivity contribution in [1.29, 1.82) is 0 Å². The number of nitrogens with one attached hydrogen (secondary N) is 1. The molecular formula is C9H9ClF3N. The second-order valence-electron chi connectivity index (χ2n) is 2.95. The van der Waals surface area contributed by atoms with Gasteiger partial charge < -0.3 is 0 Å². The van der Waals surface area contributed by atoms with Gasteiger partial charge >= 0.3 is 6.18 Å². The maximum absolute atomic E-state index is 12.3. The van der Waals surface area contributed by atoms with Crippen molar-refractivity contribution in [1.82, 2.24) is 4.84 Å². The molecule has 5 heteroatoms. The third-order valence-corrected chi connectivity index (χ3v) is 2.20. The molecule has 1 N–H and O–H groups in total. The molecule has 0 saturated carbocycles. The molecule has 0 heterocycles. The normalized spacial score (nSPS) is 14.1. The largest absolute Gasteiger partial charge is 0.416 e. The van der Waals surface area contributed by atoms with Crippen molar-refractivity contribution < 1.29 is 13.2 Å². The van der Waals surface area contributed by atoms with Gasteiger partial charge in [-0.3, -0.25) is 0 Å². The zero-order chi connectivity index (χ0) is 10.8. The SMILES string of the molecule is CC(NCl)c1cccc(C(F)(F)F)c1. The van der Waals surface area contributed by atoms with Gasteiger partial charge in [0.2, 0.25) is 0 Å². The highest BCUT2D eigenvalue weighted by Crippen LogP contribution is 2.30. The van der Waals surface area contributed by atoms with Crippen molar-refractivity contribution in [3.8, 4) is 0 Å². The van der Waals surface area contributed by atoms with E-state index in [0.717, 1.165) is 12.1 Å². The minimum atomic E-state index is -4.30. The highest BCUT2D eigenvalue weighted by atomic mass is 35.5. The summed E-state index contributed by atoms with van der Waals surface area (Å²) in [6, 6.07) is 4.77. The average Bonchev–Trinajstić information content (AvgIpc) is 2.15. The topological polar surface area (TPSA) is 12.0 Å². The Kier molecular flexibility index (Phi) is 3.39. The molecule has 78 valence electrons. The number of benzene rings is 1. The molecule has 0 saturated heterocycles. The van der Waals surface area contributed by atoms with E-state index in [4.69, 9.17) is 11.8 Å². The first kappa shape index (κ1) is 11.3. The Labute approximate surface area is 85.0 Å². The van der Waals surface area contributed by atoms with E-state index in [1.54, 1.807) is 13.0 Å². The summed E-state index contributed by atoms with van der Waals surface area (Å²) in [4.78, 5) is 2.36. The van der Waals surface area contributed by atoms with Crippen molar-refractivity contribution in [2.45, 2.75) is 19.1 Å². The van der Waals surface area contributed by atoms with Gasteiger partial charge in [0.1, 0.15) is 0 Å². The molecule has 1 aromatic rings. The van der Waals surface area contributed by atoms with Crippen molar-refractivity contribution >= 4 is 11.8 Å². The van der Waals surface area contributed by atoms with E-state index in [-0.39, 0.29) is 6.04 Å². The summed E-state index contributed by atoms with van der Waals surface area (Å²) < 4.78 is 36.8. The van der Waals surface area contributed by atoms with Crippen LogP contribution in [-0.4, -0.2) is 0 Å². The third kappa shape index (κ3) is 2.62. The molecule has 0 aromatic heterocycles. The summed E-state index contributed by atoms with van der Waals surface area (Å²) in [7, 11) is 0. The van der Waals surface area contributed by atoms with Crippen LogP contribution in [0.15, 0.2) is 24.3 Å². The first-order chi connectivity index (χ1) is 6.45. The van der Waals surface area contributed by atoms with Gasteiger partial charge in [0, 0.05) is 6.04 Å². The number of halogens is 4. The molecule has 0 fully saturated rings. The lowest BCUT2D eigenvalue weighted by Crippen LogP contribution is -2.10. The van der Waals surface area contributed by atoms with Crippen molar-refractivity contribution in [2.75, 3.05) is 0 Å². The van der Waals surface area contributed by atoms with E-state index in [9.17, 15) is 13.2 Å². The Morgan fingerprint density at radius 2 is 2.00 bits per heavy atom. The first-order valence-electron chi connectivity index (χ1n) is 3.98. The standard InChI is InChI=1S/C9H9ClF3N/c1-6(14-10)7-3-2-4-8(5-7)9(11,12)13/h2-6,14H,1H3. The van der Waals surface area contributed by atoms with Crippen LogP contribution >= 0.6 is 11.8 Å². The molecule has 1 rings (SSSR count). The predicted molar refractivity (Wildman–Crippen MR) is 48.8 cm³/mol. The predicted octanol–water partition coefficient (Wildman–Crippen LogP) is 3.51. The summed E-state index contributed by atoms with van der Waals surface area (Å²) in [5.74, 6) is 0. The summed E-state index contributed by atoms with van der Waals surface area (Å²) in [5.41, 5.74) is -0.149. The van der Waals surface area contributed by atoms with E-state index in [2.05, 4.69) is 4.84 Å². The number of hydrogen-bond acceptors (Lipinski definition) is 1. The fourth-order valence-electron chi connectivity index (χ4n) is 1.05. The Hall–Kier alpha value is -0.740. The van der Waals surface area contributed by atoms with Gasteiger partial charge in [0.25, 0.3) is 0 Å². The maximum atomic E-state index is 12.3. The Morgan fingerprint density at radius 1 is 1.36 bits per heavy atom. The van der Waals surface area contributed by atoms with Crippen LogP contribution in [0.1, 0.15) is 24.1 Å². The van der Waals surface area contributed by atoms with Gasteiger partial charge in [0.15, 0.2) is 0 Å². The van der Waals surface area contributed by atoms with Crippen molar-refractivity contribution in [2.24, 2.45) is 0 Å². The van der Waals surface area contributed by atoms with Gasteiger partial charge in [-0.1, -0.05) is 12.1 Å². The van der Waals surface area contributed by atoms with Crippen LogP contribution in [0, 0.1) is 0 Å². The fourth-order valence-corrected chi connectivity index (χ4v) is 1.17.